The van der Waals surface area contributed by atoms with Gasteiger partial charge >= 0.3 is 0 Å². The first kappa shape index (κ1) is 14.4. The molecule has 1 aromatic rings. The fourth-order valence-electron chi connectivity index (χ4n) is 2.01. The second-order valence-electron chi connectivity index (χ2n) is 5.84. The van der Waals surface area contributed by atoms with Crippen molar-refractivity contribution in [2.24, 2.45) is 0 Å². The number of aromatic nitrogens is 1. The van der Waals surface area contributed by atoms with Crippen molar-refractivity contribution in [2.45, 2.75) is 46.1 Å². The third kappa shape index (κ3) is 3.32. The SMILES string of the molecule is CCSCC(=O)N1CCc2oc(C(C)(C)C)nc2C1. The smallest absolute Gasteiger partial charge is 0.232 e. The summed E-state index contributed by atoms with van der Waals surface area (Å²) < 4.78 is 5.83. The van der Waals surface area contributed by atoms with E-state index in [0.717, 1.165) is 36.1 Å². The van der Waals surface area contributed by atoms with E-state index in [2.05, 4.69) is 32.7 Å². The van der Waals surface area contributed by atoms with Gasteiger partial charge in [0.25, 0.3) is 0 Å². The Morgan fingerprint density at radius 3 is 2.84 bits per heavy atom. The molecule has 0 atom stereocenters. The lowest BCUT2D eigenvalue weighted by molar-refractivity contribution is -0.129. The second-order valence-corrected chi connectivity index (χ2v) is 7.12. The third-order valence-corrected chi connectivity index (χ3v) is 4.01. The zero-order valence-electron chi connectivity index (χ0n) is 12.2. The summed E-state index contributed by atoms with van der Waals surface area (Å²) in [6.45, 7) is 9.67. The fraction of sp³-hybridized carbons (Fsp3) is 0.714. The van der Waals surface area contributed by atoms with Crippen LogP contribution in [0.25, 0.3) is 0 Å². The van der Waals surface area contributed by atoms with Gasteiger partial charge in [-0.1, -0.05) is 27.7 Å². The summed E-state index contributed by atoms with van der Waals surface area (Å²) in [5.41, 5.74) is 0.857. The minimum Gasteiger partial charge on any atom is -0.445 e. The second kappa shape index (κ2) is 5.57. The average Bonchev–Trinajstić information content (AvgIpc) is 2.78. The molecule has 0 aliphatic carbocycles. The van der Waals surface area contributed by atoms with Gasteiger partial charge in [0.1, 0.15) is 11.5 Å². The Kier molecular flexibility index (Phi) is 4.23. The van der Waals surface area contributed by atoms with E-state index in [1.807, 2.05) is 4.90 Å². The van der Waals surface area contributed by atoms with E-state index in [9.17, 15) is 4.79 Å². The minimum absolute atomic E-state index is 0.0791. The summed E-state index contributed by atoms with van der Waals surface area (Å²) in [5, 5.41) is 0. The zero-order chi connectivity index (χ0) is 14.0. The van der Waals surface area contributed by atoms with Crippen molar-refractivity contribution in [1.29, 1.82) is 0 Å². The molecule has 19 heavy (non-hydrogen) atoms. The average molecular weight is 282 g/mol. The van der Waals surface area contributed by atoms with Gasteiger partial charge in [-0.3, -0.25) is 4.79 Å². The van der Waals surface area contributed by atoms with E-state index in [1.165, 1.54) is 0 Å². The summed E-state index contributed by atoms with van der Waals surface area (Å²) in [6.07, 6.45) is 0.779. The Labute approximate surface area is 118 Å². The molecule has 2 rings (SSSR count). The highest BCUT2D eigenvalue weighted by atomic mass is 32.2. The van der Waals surface area contributed by atoms with Crippen LogP contribution in [0.15, 0.2) is 4.42 Å². The van der Waals surface area contributed by atoms with Crippen LogP contribution in [-0.4, -0.2) is 33.8 Å². The van der Waals surface area contributed by atoms with Crippen LogP contribution in [0.1, 0.15) is 45.0 Å². The van der Waals surface area contributed by atoms with Gasteiger partial charge < -0.3 is 9.32 Å². The van der Waals surface area contributed by atoms with Gasteiger partial charge in [0, 0.05) is 18.4 Å². The van der Waals surface area contributed by atoms with Gasteiger partial charge in [-0.05, 0) is 5.75 Å². The Bertz CT molecular complexity index is 463. The number of carbonyl (C=O) groups is 1. The molecule has 0 N–H and O–H groups in total. The monoisotopic (exact) mass is 282 g/mol. The van der Waals surface area contributed by atoms with Crippen LogP contribution in [0.4, 0.5) is 0 Å². The molecule has 4 nitrogen and oxygen atoms in total. The molecule has 0 spiro atoms. The lowest BCUT2D eigenvalue weighted by Crippen LogP contribution is -2.37. The van der Waals surface area contributed by atoms with Crippen molar-refractivity contribution in [3.63, 3.8) is 0 Å². The lowest BCUT2D eigenvalue weighted by atomic mass is 9.97. The quantitative estimate of drug-likeness (QED) is 0.855. The summed E-state index contributed by atoms with van der Waals surface area (Å²) in [4.78, 5) is 18.5. The third-order valence-electron chi connectivity index (χ3n) is 3.15. The minimum atomic E-state index is -0.0791. The first-order valence-corrected chi connectivity index (χ1v) is 7.92. The molecule has 0 saturated carbocycles. The Morgan fingerprint density at radius 2 is 2.21 bits per heavy atom. The van der Waals surface area contributed by atoms with Crippen molar-refractivity contribution in [3.8, 4) is 0 Å². The van der Waals surface area contributed by atoms with Crippen LogP contribution in [-0.2, 0) is 23.2 Å². The molecule has 0 saturated heterocycles. The van der Waals surface area contributed by atoms with Crippen molar-refractivity contribution < 1.29 is 9.21 Å². The maximum atomic E-state index is 12.0. The maximum Gasteiger partial charge on any atom is 0.232 e. The normalized spacial score (nSPS) is 15.5. The molecule has 0 fully saturated rings. The van der Waals surface area contributed by atoms with Gasteiger partial charge in [-0.25, -0.2) is 4.98 Å². The Balaban J connectivity index is 2.07. The van der Waals surface area contributed by atoms with Gasteiger partial charge in [-0.15, -0.1) is 0 Å². The van der Waals surface area contributed by atoms with Crippen LogP contribution in [0.2, 0.25) is 0 Å². The standard InChI is InChI=1S/C14H22N2O2S/c1-5-19-9-12(17)16-7-6-11-10(8-16)15-13(18-11)14(2,3)4/h5-9H2,1-4H3. The predicted octanol–water partition coefficient (Wildman–Crippen LogP) is 2.61. The highest BCUT2D eigenvalue weighted by Gasteiger charge is 2.28. The lowest BCUT2D eigenvalue weighted by Gasteiger charge is -2.25. The molecule has 1 amide bonds. The summed E-state index contributed by atoms with van der Waals surface area (Å²) in [7, 11) is 0. The Morgan fingerprint density at radius 1 is 1.47 bits per heavy atom. The number of hydrogen-bond acceptors (Lipinski definition) is 4. The van der Waals surface area contributed by atoms with Crippen molar-refractivity contribution in [1.82, 2.24) is 9.88 Å². The molecule has 0 aromatic carbocycles. The number of thioether (sulfide) groups is 1. The van der Waals surface area contributed by atoms with E-state index >= 15 is 0 Å². The van der Waals surface area contributed by atoms with Crippen molar-refractivity contribution in [3.05, 3.63) is 17.3 Å². The van der Waals surface area contributed by atoms with E-state index in [-0.39, 0.29) is 11.3 Å². The number of amides is 1. The summed E-state index contributed by atoms with van der Waals surface area (Å²) in [6, 6.07) is 0. The molecule has 0 radical (unpaired) electrons. The summed E-state index contributed by atoms with van der Waals surface area (Å²) in [5.74, 6) is 3.48. The zero-order valence-corrected chi connectivity index (χ0v) is 13.0. The first-order valence-electron chi connectivity index (χ1n) is 6.76. The molecule has 1 aliphatic heterocycles. The van der Waals surface area contributed by atoms with E-state index in [1.54, 1.807) is 11.8 Å². The molecule has 0 bridgehead atoms. The van der Waals surface area contributed by atoms with E-state index in [0.29, 0.717) is 12.3 Å². The Hall–Kier alpha value is -0.970. The van der Waals surface area contributed by atoms with Gasteiger partial charge in [0.05, 0.1) is 12.3 Å². The van der Waals surface area contributed by atoms with Crippen molar-refractivity contribution in [2.75, 3.05) is 18.1 Å². The molecule has 5 heteroatoms. The fourth-order valence-corrected chi connectivity index (χ4v) is 2.57. The van der Waals surface area contributed by atoms with Crippen LogP contribution in [0.5, 0.6) is 0 Å². The predicted molar refractivity (Wildman–Crippen MR) is 77.3 cm³/mol. The van der Waals surface area contributed by atoms with E-state index < -0.39 is 0 Å². The van der Waals surface area contributed by atoms with Gasteiger partial charge in [-0.2, -0.15) is 11.8 Å². The number of carbonyl (C=O) groups excluding carboxylic acids is 1. The maximum absolute atomic E-state index is 12.0. The molecule has 106 valence electrons. The molecular formula is C14H22N2O2S. The number of oxazole rings is 1. The topological polar surface area (TPSA) is 46.3 Å². The van der Waals surface area contributed by atoms with Crippen LogP contribution < -0.4 is 0 Å². The van der Waals surface area contributed by atoms with Crippen molar-refractivity contribution >= 4 is 17.7 Å². The van der Waals surface area contributed by atoms with Crippen LogP contribution in [0, 0.1) is 0 Å². The number of fused-ring (bicyclic) bond motifs is 1. The number of nitrogens with zero attached hydrogens (tertiary/aromatic N) is 2. The van der Waals surface area contributed by atoms with Crippen LogP contribution >= 0.6 is 11.8 Å². The van der Waals surface area contributed by atoms with Crippen LogP contribution in [0.3, 0.4) is 0 Å². The number of hydrogen-bond donors (Lipinski definition) is 0. The van der Waals surface area contributed by atoms with Gasteiger partial charge in [0.15, 0.2) is 5.89 Å². The highest BCUT2D eigenvalue weighted by Crippen LogP contribution is 2.27. The molecule has 1 aromatic heterocycles. The molecule has 0 unspecified atom stereocenters. The highest BCUT2D eigenvalue weighted by molar-refractivity contribution is 7.99. The molecular weight excluding hydrogens is 260 g/mol. The van der Waals surface area contributed by atoms with E-state index in [4.69, 9.17) is 4.42 Å². The number of rotatable bonds is 3. The largest absolute Gasteiger partial charge is 0.445 e. The first-order chi connectivity index (χ1) is 8.91. The molecule has 1 aliphatic rings. The molecule has 2 heterocycles. The van der Waals surface area contributed by atoms with Gasteiger partial charge in [0.2, 0.25) is 5.91 Å². The summed E-state index contributed by atoms with van der Waals surface area (Å²) >= 11 is 1.67.